The van der Waals surface area contributed by atoms with Gasteiger partial charge in [-0.2, -0.15) is 0 Å². The maximum absolute atomic E-state index is 4.45. The van der Waals surface area contributed by atoms with Gasteiger partial charge in [-0.15, -0.1) is 0 Å². The molecule has 2 nitrogen and oxygen atoms in total. The van der Waals surface area contributed by atoms with Crippen LogP contribution in [0.5, 0.6) is 0 Å². The maximum atomic E-state index is 4.45. The van der Waals surface area contributed by atoms with Gasteiger partial charge in [0.25, 0.3) is 0 Å². The van der Waals surface area contributed by atoms with E-state index in [0.29, 0.717) is 0 Å². The zero-order valence-corrected chi connectivity index (χ0v) is 11.5. The highest BCUT2D eigenvalue weighted by molar-refractivity contribution is 5.79. The molecule has 3 aromatic rings. The van der Waals surface area contributed by atoms with Gasteiger partial charge in [-0.05, 0) is 28.3 Å². The summed E-state index contributed by atoms with van der Waals surface area (Å²) in [6.07, 6.45) is 5.92. The Bertz CT molecular complexity index is 784. The highest BCUT2D eigenvalue weighted by Crippen LogP contribution is 2.39. The lowest BCUT2D eigenvalue weighted by Crippen LogP contribution is -2.02. The van der Waals surface area contributed by atoms with E-state index in [1.54, 1.807) is 0 Å². The van der Waals surface area contributed by atoms with Crippen molar-refractivity contribution < 1.29 is 0 Å². The first-order valence-electron chi connectivity index (χ1n) is 7.11. The molecule has 4 rings (SSSR count). The van der Waals surface area contributed by atoms with Crippen molar-refractivity contribution in [2.24, 2.45) is 0 Å². The highest BCUT2D eigenvalue weighted by Gasteiger charge is 2.21. The fraction of sp³-hybridized carbons (Fsp3) is 0.167. The zero-order valence-electron chi connectivity index (χ0n) is 11.5. The molecule has 0 radical (unpaired) electrons. The van der Waals surface area contributed by atoms with Crippen LogP contribution in [-0.4, -0.2) is 9.55 Å². The molecule has 98 valence electrons. The third-order valence-electron chi connectivity index (χ3n) is 4.12. The summed E-state index contributed by atoms with van der Waals surface area (Å²) in [5.41, 5.74) is 6.86. The molecule has 0 N–H and O–H groups in total. The van der Waals surface area contributed by atoms with Crippen molar-refractivity contribution >= 4 is 0 Å². The van der Waals surface area contributed by atoms with Crippen LogP contribution in [0.4, 0.5) is 0 Å². The molecule has 0 bridgehead atoms. The Hall–Kier alpha value is -2.35. The second-order valence-corrected chi connectivity index (χ2v) is 5.20. The number of fused-ring (bicyclic) bond motifs is 3. The van der Waals surface area contributed by atoms with E-state index in [4.69, 9.17) is 0 Å². The third kappa shape index (κ3) is 1.54. The summed E-state index contributed by atoms with van der Waals surface area (Å²) in [7, 11) is 0. The number of hydrogen-bond acceptors (Lipinski definition) is 1. The van der Waals surface area contributed by atoms with Crippen LogP contribution >= 0.6 is 0 Å². The van der Waals surface area contributed by atoms with Gasteiger partial charge in [-0.3, -0.25) is 0 Å². The van der Waals surface area contributed by atoms with E-state index < -0.39 is 0 Å². The van der Waals surface area contributed by atoms with E-state index in [1.165, 1.54) is 27.9 Å². The topological polar surface area (TPSA) is 17.8 Å². The molecule has 0 saturated carbocycles. The van der Waals surface area contributed by atoms with Gasteiger partial charge in [0.1, 0.15) is 5.82 Å². The van der Waals surface area contributed by atoms with Crippen molar-refractivity contribution in [3.8, 4) is 16.8 Å². The van der Waals surface area contributed by atoms with Gasteiger partial charge in [0.15, 0.2) is 0 Å². The Morgan fingerprint density at radius 2 is 1.90 bits per heavy atom. The normalized spacial score (nSPS) is 12.2. The molecule has 0 spiro atoms. The molecule has 1 aliphatic carbocycles. The lowest BCUT2D eigenvalue weighted by atomic mass is 10.0. The third-order valence-corrected chi connectivity index (χ3v) is 4.12. The second kappa shape index (κ2) is 4.34. The number of hydrogen-bond donors (Lipinski definition) is 0. The van der Waals surface area contributed by atoms with E-state index in [1.807, 2.05) is 6.20 Å². The summed E-state index contributed by atoms with van der Waals surface area (Å²) in [5, 5.41) is 0. The van der Waals surface area contributed by atoms with Crippen LogP contribution in [0.2, 0.25) is 0 Å². The Kier molecular flexibility index (Phi) is 2.49. The molecule has 1 aromatic heterocycles. The van der Waals surface area contributed by atoms with E-state index in [0.717, 1.165) is 18.7 Å². The second-order valence-electron chi connectivity index (χ2n) is 5.20. The van der Waals surface area contributed by atoms with Gasteiger partial charge in [0, 0.05) is 25.2 Å². The van der Waals surface area contributed by atoms with E-state index in [9.17, 15) is 0 Å². The molecular formula is C18H16N2. The Morgan fingerprint density at radius 3 is 2.80 bits per heavy atom. The van der Waals surface area contributed by atoms with Crippen LogP contribution in [0.1, 0.15) is 23.9 Å². The Morgan fingerprint density at radius 1 is 1.05 bits per heavy atom. The SMILES string of the molecule is CCc1nccn1-c1cccc2c1Cc1ccccc1-2. The minimum absolute atomic E-state index is 0.948. The van der Waals surface area contributed by atoms with Gasteiger partial charge >= 0.3 is 0 Å². The summed E-state index contributed by atoms with van der Waals surface area (Å²) in [4.78, 5) is 4.45. The summed E-state index contributed by atoms with van der Waals surface area (Å²) in [6.45, 7) is 2.15. The number of aromatic nitrogens is 2. The largest absolute Gasteiger partial charge is 0.303 e. The molecule has 1 aliphatic rings. The molecular weight excluding hydrogens is 244 g/mol. The zero-order chi connectivity index (χ0) is 13.5. The molecule has 20 heavy (non-hydrogen) atoms. The monoisotopic (exact) mass is 260 g/mol. The molecule has 2 aromatic carbocycles. The predicted molar refractivity (Wildman–Crippen MR) is 81.2 cm³/mol. The van der Waals surface area contributed by atoms with Gasteiger partial charge in [0.05, 0.1) is 5.69 Å². The standard InChI is InChI=1S/C18H16N2/c1-2-18-19-10-11-20(18)17-9-5-8-15-14-7-4-3-6-13(14)12-16(15)17/h3-11H,2,12H2,1H3. The number of benzene rings is 2. The quantitative estimate of drug-likeness (QED) is 0.532. The van der Waals surface area contributed by atoms with Crippen molar-refractivity contribution in [1.82, 2.24) is 9.55 Å². The highest BCUT2D eigenvalue weighted by atomic mass is 15.1. The maximum Gasteiger partial charge on any atom is 0.112 e. The fourth-order valence-electron chi connectivity index (χ4n) is 3.18. The van der Waals surface area contributed by atoms with Crippen LogP contribution in [0.25, 0.3) is 16.8 Å². The van der Waals surface area contributed by atoms with E-state index in [-0.39, 0.29) is 0 Å². The van der Waals surface area contributed by atoms with Gasteiger partial charge < -0.3 is 4.57 Å². The number of rotatable bonds is 2. The first kappa shape index (κ1) is 11.5. The average molecular weight is 260 g/mol. The Balaban J connectivity index is 1.94. The number of nitrogens with zero attached hydrogens (tertiary/aromatic N) is 2. The summed E-state index contributed by atoms with van der Waals surface area (Å²) >= 11 is 0. The summed E-state index contributed by atoms with van der Waals surface area (Å²) in [5.74, 6) is 1.12. The summed E-state index contributed by atoms with van der Waals surface area (Å²) in [6, 6.07) is 15.3. The molecule has 0 aliphatic heterocycles. The van der Waals surface area contributed by atoms with Crippen LogP contribution < -0.4 is 0 Å². The van der Waals surface area contributed by atoms with Crippen LogP contribution in [-0.2, 0) is 12.8 Å². The van der Waals surface area contributed by atoms with Crippen molar-refractivity contribution in [3.05, 3.63) is 71.8 Å². The number of aryl methyl sites for hydroxylation is 1. The van der Waals surface area contributed by atoms with E-state index in [2.05, 4.69) is 65.1 Å². The predicted octanol–water partition coefficient (Wildman–Crippen LogP) is 4.01. The molecule has 2 heteroatoms. The van der Waals surface area contributed by atoms with Crippen molar-refractivity contribution in [1.29, 1.82) is 0 Å². The van der Waals surface area contributed by atoms with Gasteiger partial charge in [-0.25, -0.2) is 4.98 Å². The Labute approximate surface area is 118 Å². The van der Waals surface area contributed by atoms with Crippen molar-refractivity contribution in [2.75, 3.05) is 0 Å². The average Bonchev–Trinajstić information content (AvgIpc) is 3.10. The van der Waals surface area contributed by atoms with Crippen LogP contribution in [0.15, 0.2) is 54.9 Å². The number of imidazole rings is 1. The molecule has 0 fully saturated rings. The van der Waals surface area contributed by atoms with Gasteiger partial charge in [-0.1, -0.05) is 43.3 Å². The molecule has 0 amide bonds. The lowest BCUT2D eigenvalue weighted by molar-refractivity contribution is 0.884. The van der Waals surface area contributed by atoms with Gasteiger partial charge in [0.2, 0.25) is 0 Å². The molecule has 0 atom stereocenters. The fourth-order valence-corrected chi connectivity index (χ4v) is 3.18. The van der Waals surface area contributed by atoms with Crippen molar-refractivity contribution in [2.45, 2.75) is 19.8 Å². The first-order valence-corrected chi connectivity index (χ1v) is 7.11. The van der Waals surface area contributed by atoms with Crippen LogP contribution in [0, 0.1) is 0 Å². The molecule has 0 saturated heterocycles. The minimum atomic E-state index is 0.948. The summed E-state index contributed by atoms with van der Waals surface area (Å²) < 4.78 is 2.23. The molecule has 0 unspecified atom stereocenters. The van der Waals surface area contributed by atoms with Crippen molar-refractivity contribution in [3.63, 3.8) is 0 Å². The minimum Gasteiger partial charge on any atom is -0.303 e. The van der Waals surface area contributed by atoms with Crippen LogP contribution in [0.3, 0.4) is 0 Å². The molecule has 1 heterocycles. The smallest absolute Gasteiger partial charge is 0.112 e. The lowest BCUT2D eigenvalue weighted by Gasteiger charge is -2.11. The first-order chi connectivity index (χ1) is 9.88. The van der Waals surface area contributed by atoms with E-state index >= 15 is 0 Å².